The molecule has 1 atom stereocenters. The van der Waals surface area contributed by atoms with Crippen LogP contribution < -0.4 is 0 Å². The van der Waals surface area contributed by atoms with E-state index in [1.807, 2.05) is 0 Å². The molecule has 0 N–H and O–H groups in total. The number of rotatable bonds is 8. The molecule has 0 aromatic heterocycles. The molecule has 2 heteroatoms. The van der Waals surface area contributed by atoms with E-state index in [0.717, 1.165) is 17.6 Å². The first-order valence-corrected chi connectivity index (χ1v) is 6.98. The zero-order valence-electron chi connectivity index (χ0n) is 10.9. The van der Waals surface area contributed by atoms with Crippen LogP contribution in [-0.2, 0) is 4.74 Å². The summed E-state index contributed by atoms with van der Waals surface area (Å²) in [6.45, 7) is 15.6. The maximum absolute atomic E-state index is 5.49. The first-order valence-electron chi connectivity index (χ1n) is 5.93. The van der Waals surface area contributed by atoms with Crippen molar-refractivity contribution in [2.75, 3.05) is 12.4 Å². The maximum Gasteiger partial charge on any atom is 0.0560 e. The lowest BCUT2D eigenvalue weighted by atomic mass is 10.2. The highest BCUT2D eigenvalue weighted by Gasteiger charge is 2.04. The van der Waals surface area contributed by atoms with Crippen molar-refractivity contribution in [1.29, 1.82) is 0 Å². The van der Waals surface area contributed by atoms with Crippen molar-refractivity contribution in [2.24, 2.45) is 0 Å². The lowest BCUT2D eigenvalue weighted by molar-refractivity contribution is 0.0920. The van der Waals surface area contributed by atoms with Crippen LogP contribution in [0.3, 0.4) is 0 Å². The molecule has 15 heavy (non-hydrogen) atoms. The van der Waals surface area contributed by atoms with Gasteiger partial charge in [-0.3, -0.25) is 0 Å². The molecule has 0 aliphatic heterocycles. The van der Waals surface area contributed by atoms with Crippen molar-refractivity contribution in [2.45, 2.75) is 58.3 Å². The number of thioether (sulfide) groups is 1. The summed E-state index contributed by atoms with van der Waals surface area (Å²) in [6.07, 6.45) is 4.33. The van der Waals surface area contributed by atoms with Crippen molar-refractivity contribution in [3.8, 4) is 0 Å². The van der Waals surface area contributed by atoms with E-state index >= 15 is 0 Å². The van der Waals surface area contributed by atoms with E-state index < -0.39 is 0 Å². The Morgan fingerprint density at radius 2 is 1.80 bits per heavy atom. The molecule has 0 aliphatic rings. The first-order chi connectivity index (χ1) is 7.20. The summed E-state index contributed by atoms with van der Waals surface area (Å²) in [7, 11) is 0. The molecule has 0 aliphatic carbocycles. The molecule has 92 valence electrons. The van der Waals surface area contributed by atoms with Gasteiger partial charge in [-0.05, 0) is 26.7 Å². The SMILES string of the molecule is C=C.CCCC(CC)SCCOC(C)C. The molecular weight excluding hydrogens is 204 g/mol. The molecule has 0 rings (SSSR count). The van der Waals surface area contributed by atoms with Gasteiger partial charge >= 0.3 is 0 Å². The van der Waals surface area contributed by atoms with Gasteiger partial charge in [0.15, 0.2) is 0 Å². The fourth-order valence-electron chi connectivity index (χ4n) is 1.23. The highest BCUT2D eigenvalue weighted by molar-refractivity contribution is 7.99. The predicted octanol–water partition coefficient (Wildman–Crippen LogP) is 4.53. The van der Waals surface area contributed by atoms with Crippen LogP contribution in [0.15, 0.2) is 13.2 Å². The first kappa shape index (κ1) is 17.4. The third-order valence-corrected chi connectivity index (χ3v) is 3.40. The summed E-state index contributed by atoms with van der Waals surface area (Å²) in [5.41, 5.74) is 0. The molecule has 1 nitrogen and oxygen atoms in total. The fraction of sp³-hybridized carbons (Fsp3) is 0.846. The zero-order valence-corrected chi connectivity index (χ0v) is 11.7. The van der Waals surface area contributed by atoms with Crippen LogP contribution in [0.2, 0.25) is 0 Å². The molecule has 0 aromatic rings. The van der Waals surface area contributed by atoms with Crippen molar-refractivity contribution < 1.29 is 4.74 Å². The fourth-order valence-corrected chi connectivity index (χ4v) is 2.39. The van der Waals surface area contributed by atoms with Gasteiger partial charge < -0.3 is 4.74 Å². The van der Waals surface area contributed by atoms with Crippen LogP contribution in [0.4, 0.5) is 0 Å². The minimum atomic E-state index is 0.381. The highest BCUT2D eigenvalue weighted by Crippen LogP contribution is 2.19. The monoisotopic (exact) mass is 232 g/mol. The number of hydrogen-bond acceptors (Lipinski definition) is 2. The Kier molecular flexibility index (Phi) is 16.3. The van der Waals surface area contributed by atoms with Crippen LogP contribution in [0.1, 0.15) is 47.0 Å². The van der Waals surface area contributed by atoms with Crippen LogP contribution in [0.5, 0.6) is 0 Å². The third kappa shape index (κ3) is 14.1. The van der Waals surface area contributed by atoms with Gasteiger partial charge in [-0.1, -0.05) is 20.3 Å². The topological polar surface area (TPSA) is 9.23 Å². The molecule has 0 aromatic carbocycles. The molecule has 0 radical (unpaired) electrons. The van der Waals surface area contributed by atoms with Crippen molar-refractivity contribution >= 4 is 11.8 Å². The van der Waals surface area contributed by atoms with E-state index in [4.69, 9.17) is 4.74 Å². The average Bonchev–Trinajstić information content (AvgIpc) is 2.25. The average molecular weight is 232 g/mol. The highest BCUT2D eigenvalue weighted by atomic mass is 32.2. The molecule has 0 saturated heterocycles. The molecule has 0 saturated carbocycles. The second kappa shape index (κ2) is 14.1. The van der Waals surface area contributed by atoms with Gasteiger partial charge in [0.25, 0.3) is 0 Å². The van der Waals surface area contributed by atoms with E-state index in [9.17, 15) is 0 Å². The number of hydrogen-bond donors (Lipinski definition) is 0. The van der Waals surface area contributed by atoms with Crippen LogP contribution in [-0.4, -0.2) is 23.7 Å². The molecule has 0 heterocycles. The van der Waals surface area contributed by atoms with E-state index in [0.29, 0.717) is 6.10 Å². The van der Waals surface area contributed by atoms with Gasteiger partial charge in [-0.15, -0.1) is 13.2 Å². The van der Waals surface area contributed by atoms with Crippen LogP contribution in [0, 0.1) is 0 Å². The minimum Gasteiger partial charge on any atom is -0.378 e. The molecule has 1 unspecified atom stereocenters. The summed E-state index contributed by atoms with van der Waals surface area (Å²) in [5.74, 6) is 1.15. The summed E-state index contributed by atoms with van der Waals surface area (Å²) in [6, 6.07) is 0. The smallest absolute Gasteiger partial charge is 0.0560 e. The molecule has 0 fully saturated rings. The summed E-state index contributed by atoms with van der Waals surface area (Å²) in [4.78, 5) is 0. The molecule has 0 bridgehead atoms. The normalized spacial score (nSPS) is 12.1. The Morgan fingerprint density at radius 3 is 2.20 bits per heavy atom. The largest absolute Gasteiger partial charge is 0.378 e. The zero-order chi connectivity index (χ0) is 12.1. The maximum atomic E-state index is 5.49. The van der Waals surface area contributed by atoms with E-state index in [1.54, 1.807) is 0 Å². The quantitative estimate of drug-likeness (QED) is 0.449. The summed E-state index contributed by atoms with van der Waals surface area (Å²) < 4.78 is 5.49. The van der Waals surface area contributed by atoms with E-state index in [2.05, 4.69) is 52.6 Å². The second-order valence-electron chi connectivity index (χ2n) is 3.61. The summed E-state index contributed by atoms with van der Waals surface area (Å²) >= 11 is 2.06. The molecular formula is C13H28OS. The van der Waals surface area contributed by atoms with Crippen LogP contribution >= 0.6 is 11.8 Å². The van der Waals surface area contributed by atoms with E-state index in [-0.39, 0.29) is 0 Å². The van der Waals surface area contributed by atoms with Gasteiger partial charge in [-0.25, -0.2) is 0 Å². The Morgan fingerprint density at radius 1 is 1.20 bits per heavy atom. The van der Waals surface area contributed by atoms with Crippen molar-refractivity contribution in [3.63, 3.8) is 0 Å². The predicted molar refractivity (Wildman–Crippen MR) is 73.8 cm³/mol. The Bertz CT molecular complexity index is 115. The van der Waals surface area contributed by atoms with Gasteiger partial charge in [0.1, 0.15) is 0 Å². The van der Waals surface area contributed by atoms with Gasteiger partial charge in [0.2, 0.25) is 0 Å². The van der Waals surface area contributed by atoms with Crippen molar-refractivity contribution in [1.82, 2.24) is 0 Å². The Hall–Kier alpha value is 0.0500. The molecule has 0 amide bonds. The lowest BCUT2D eigenvalue weighted by Gasteiger charge is -2.13. The minimum absolute atomic E-state index is 0.381. The van der Waals surface area contributed by atoms with Crippen molar-refractivity contribution in [3.05, 3.63) is 13.2 Å². The Labute approximate surface area is 101 Å². The third-order valence-electron chi connectivity index (χ3n) is 1.95. The van der Waals surface area contributed by atoms with E-state index in [1.165, 1.54) is 19.3 Å². The van der Waals surface area contributed by atoms with Gasteiger partial charge in [0.05, 0.1) is 12.7 Å². The lowest BCUT2D eigenvalue weighted by Crippen LogP contribution is -2.08. The number of ether oxygens (including phenoxy) is 1. The Balaban J connectivity index is 0. The second-order valence-corrected chi connectivity index (χ2v) is 5.02. The van der Waals surface area contributed by atoms with Gasteiger partial charge in [0, 0.05) is 11.0 Å². The standard InChI is InChI=1S/C11H24OS.C2H4/c1-5-7-11(6-2)13-9-8-12-10(3)4;1-2/h10-11H,5-9H2,1-4H3;1-2H2. The van der Waals surface area contributed by atoms with Crippen LogP contribution in [0.25, 0.3) is 0 Å². The molecule has 0 spiro atoms. The summed E-state index contributed by atoms with van der Waals surface area (Å²) in [5, 5.41) is 0.848. The van der Waals surface area contributed by atoms with Gasteiger partial charge in [-0.2, -0.15) is 11.8 Å².